The van der Waals surface area contributed by atoms with E-state index in [-0.39, 0.29) is 5.91 Å². The molecule has 4 aromatic rings. The standard InChI is InChI=1S/C33H38BrN3O6.C2H6/c1-2-16-39-17-18-40-19-20-41-21-22-42-23-24-43-30-14-12-28(13-15-30)35-33(38)32-25-31(26-8-10-27(34)11-9-26)36-37(32)29-6-4-3-5-7-29;1-2/h3-15,25H,2,16-24H2,1H3,(H,35,38);1-2H3. The molecule has 3 aromatic carbocycles. The number of anilines is 1. The molecule has 0 spiro atoms. The van der Waals surface area contributed by atoms with E-state index in [9.17, 15) is 4.79 Å². The van der Waals surface area contributed by atoms with E-state index in [0.29, 0.717) is 75.7 Å². The maximum absolute atomic E-state index is 13.4. The molecule has 1 N–H and O–H groups in total. The molecule has 4 rings (SSSR count). The number of nitrogens with one attached hydrogen (secondary N) is 1. The number of para-hydroxylation sites is 1. The van der Waals surface area contributed by atoms with E-state index in [0.717, 1.165) is 28.8 Å². The highest BCUT2D eigenvalue weighted by Gasteiger charge is 2.18. The van der Waals surface area contributed by atoms with Crippen LogP contribution in [0.2, 0.25) is 0 Å². The van der Waals surface area contributed by atoms with E-state index in [4.69, 9.17) is 28.8 Å². The first-order valence-electron chi connectivity index (χ1n) is 15.4. The molecule has 0 aliphatic rings. The smallest absolute Gasteiger partial charge is 0.274 e. The molecule has 9 nitrogen and oxygen atoms in total. The lowest BCUT2D eigenvalue weighted by atomic mass is 10.1. The van der Waals surface area contributed by atoms with Crippen LogP contribution in [0.1, 0.15) is 37.7 Å². The third kappa shape index (κ3) is 12.8. The van der Waals surface area contributed by atoms with Crippen molar-refractivity contribution < 1.29 is 28.5 Å². The number of carbonyl (C=O) groups is 1. The van der Waals surface area contributed by atoms with Gasteiger partial charge in [-0.3, -0.25) is 4.79 Å². The minimum Gasteiger partial charge on any atom is -0.491 e. The number of halogens is 1. The zero-order valence-corrected chi connectivity index (χ0v) is 28.0. The summed E-state index contributed by atoms with van der Waals surface area (Å²) in [6, 6.07) is 26.5. The maximum atomic E-state index is 13.4. The van der Waals surface area contributed by atoms with Crippen LogP contribution in [-0.4, -0.2) is 75.1 Å². The third-order valence-corrected chi connectivity index (χ3v) is 6.68. The molecule has 0 aliphatic carbocycles. The van der Waals surface area contributed by atoms with Gasteiger partial charge in [0.1, 0.15) is 18.1 Å². The van der Waals surface area contributed by atoms with Gasteiger partial charge in [0.25, 0.3) is 5.91 Å². The lowest BCUT2D eigenvalue weighted by molar-refractivity contribution is -0.00450. The van der Waals surface area contributed by atoms with Gasteiger partial charge in [-0.05, 0) is 61.0 Å². The molecule has 10 heteroatoms. The molecule has 1 amide bonds. The molecule has 1 aromatic heterocycles. The first-order valence-corrected chi connectivity index (χ1v) is 16.2. The van der Waals surface area contributed by atoms with Crippen molar-refractivity contribution in [1.82, 2.24) is 9.78 Å². The highest BCUT2D eigenvalue weighted by atomic mass is 79.9. The molecule has 0 atom stereocenters. The van der Waals surface area contributed by atoms with Crippen molar-refractivity contribution in [2.45, 2.75) is 27.2 Å². The van der Waals surface area contributed by atoms with Crippen molar-refractivity contribution in [3.63, 3.8) is 0 Å². The molecule has 1 heterocycles. The molecule has 0 saturated carbocycles. The van der Waals surface area contributed by atoms with Crippen LogP contribution in [0.15, 0.2) is 89.4 Å². The number of hydrogen-bond donors (Lipinski definition) is 1. The van der Waals surface area contributed by atoms with Crippen LogP contribution in [-0.2, 0) is 18.9 Å². The number of aromatic nitrogens is 2. The van der Waals surface area contributed by atoms with Crippen molar-refractivity contribution in [3.8, 4) is 22.7 Å². The molecular weight excluding hydrogens is 638 g/mol. The number of rotatable bonds is 19. The van der Waals surface area contributed by atoms with Gasteiger partial charge in [-0.15, -0.1) is 0 Å². The SMILES string of the molecule is CC.CCCOCCOCCOCCOCCOc1ccc(NC(=O)c2cc(-c3ccc(Br)cc3)nn2-c2ccccc2)cc1. The van der Waals surface area contributed by atoms with Gasteiger partial charge in [0.05, 0.1) is 57.6 Å². The van der Waals surface area contributed by atoms with E-state index >= 15 is 0 Å². The Morgan fingerprint density at radius 3 is 1.87 bits per heavy atom. The quantitative estimate of drug-likeness (QED) is 0.103. The topological polar surface area (TPSA) is 93.1 Å². The molecule has 0 fully saturated rings. The molecule has 0 unspecified atom stereocenters. The van der Waals surface area contributed by atoms with Crippen molar-refractivity contribution in [1.29, 1.82) is 0 Å². The van der Waals surface area contributed by atoms with E-state index < -0.39 is 0 Å². The van der Waals surface area contributed by atoms with Crippen LogP contribution < -0.4 is 10.1 Å². The fraction of sp³-hybridized carbons (Fsp3) is 0.371. The first kappa shape index (κ1) is 35.9. The van der Waals surface area contributed by atoms with Gasteiger partial charge in [0.2, 0.25) is 0 Å². The van der Waals surface area contributed by atoms with Gasteiger partial charge in [0, 0.05) is 22.3 Å². The van der Waals surface area contributed by atoms with Crippen LogP contribution in [0, 0.1) is 0 Å². The van der Waals surface area contributed by atoms with Gasteiger partial charge in [-0.2, -0.15) is 5.10 Å². The van der Waals surface area contributed by atoms with Crippen molar-refractivity contribution in [3.05, 3.63) is 95.1 Å². The summed E-state index contributed by atoms with van der Waals surface area (Å²) < 4.78 is 30.2. The minimum absolute atomic E-state index is 0.267. The number of benzene rings is 3. The summed E-state index contributed by atoms with van der Waals surface area (Å²) in [7, 11) is 0. The van der Waals surface area contributed by atoms with Crippen LogP contribution in [0.5, 0.6) is 5.75 Å². The molecular formula is C35H44BrN3O6. The van der Waals surface area contributed by atoms with Crippen LogP contribution in [0.25, 0.3) is 16.9 Å². The number of amides is 1. The van der Waals surface area contributed by atoms with Crippen LogP contribution >= 0.6 is 15.9 Å². The lowest BCUT2D eigenvalue weighted by Crippen LogP contribution is -2.17. The van der Waals surface area contributed by atoms with Crippen LogP contribution in [0.3, 0.4) is 0 Å². The van der Waals surface area contributed by atoms with Gasteiger partial charge >= 0.3 is 0 Å². The molecule has 0 aliphatic heterocycles. The van der Waals surface area contributed by atoms with Gasteiger partial charge in [-0.25, -0.2) is 4.68 Å². The lowest BCUT2D eigenvalue weighted by Gasteiger charge is -2.10. The fourth-order valence-electron chi connectivity index (χ4n) is 4.02. The monoisotopic (exact) mass is 681 g/mol. The van der Waals surface area contributed by atoms with E-state index in [2.05, 4.69) is 28.2 Å². The number of carbonyl (C=O) groups excluding carboxylic acids is 1. The Labute approximate surface area is 274 Å². The molecule has 0 bridgehead atoms. The summed E-state index contributed by atoms with van der Waals surface area (Å²) in [5.41, 5.74) is 3.49. The second kappa shape index (κ2) is 21.2. The summed E-state index contributed by atoms with van der Waals surface area (Å²) in [5.74, 6) is 0.418. The first-order chi connectivity index (χ1) is 22.1. The Kier molecular flexibility index (Phi) is 17.0. The normalized spacial score (nSPS) is 10.7. The Hall–Kier alpha value is -3.54. The zero-order chi connectivity index (χ0) is 32.1. The highest BCUT2D eigenvalue weighted by Crippen LogP contribution is 2.25. The number of nitrogens with zero attached hydrogens (tertiary/aromatic N) is 2. The van der Waals surface area contributed by atoms with Gasteiger partial charge in [-0.1, -0.05) is 67.0 Å². The Morgan fingerprint density at radius 1 is 0.733 bits per heavy atom. The summed E-state index contributed by atoms with van der Waals surface area (Å²) in [5, 5.41) is 7.71. The molecule has 242 valence electrons. The average molecular weight is 683 g/mol. The summed E-state index contributed by atoms with van der Waals surface area (Å²) in [6.07, 6.45) is 1.01. The van der Waals surface area contributed by atoms with E-state index in [1.165, 1.54) is 0 Å². The molecule has 0 saturated heterocycles. The number of hydrogen-bond acceptors (Lipinski definition) is 7. The second-order valence-electron chi connectivity index (χ2n) is 9.45. The Morgan fingerprint density at radius 2 is 1.29 bits per heavy atom. The summed E-state index contributed by atoms with van der Waals surface area (Å²) in [4.78, 5) is 13.4. The van der Waals surface area contributed by atoms with Crippen molar-refractivity contribution in [2.75, 3.05) is 64.8 Å². The van der Waals surface area contributed by atoms with Crippen molar-refractivity contribution >= 4 is 27.5 Å². The minimum atomic E-state index is -0.267. The largest absolute Gasteiger partial charge is 0.491 e. The van der Waals surface area contributed by atoms with E-state index in [1.54, 1.807) is 22.9 Å². The summed E-state index contributed by atoms with van der Waals surface area (Å²) in [6.45, 7) is 10.9. The van der Waals surface area contributed by atoms with E-state index in [1.807, 2.05) is 80.6 Å². The summed E-state index contributed by atoms with van der Waals surface area (Å²) >= 11 is 3.47. The predicted octanol–water partition coefficient (Wildman–Crippen LogP) is 7.44. The van der Waals surface area contributed by atoms with Gasteiger partial charge < -0.3 is 29.0 Å². The zero-order valence-electron chi connectivity index (χ0n) is 26.4. The fourth-order valence-corrected chi connectivity index (χ4v) is 4.29. The molecule has 45 heavy (non-hydrogen) atoms. The Balaban J connectivity index is 0.00000271. The Bertz CT molecular complexity index is 1360. The average Bonchev–Trinajstić information content (AvgIpc) is 3.53. The van der Waals surface area contributed by atoms with Crippen LogP contribution in [0.4, 0.5) is 5.69 Å². The van der Waals surface area contributed by atoms with Crippen molar-refractivity contribution in [2.24, 2.45) is 0 Å². The second-order valence-corrected chi connectivity index (χ2v) is 10.4. The third-order valence-electron chi connectivity index (χ3n) is 6.16. The predicted molar refractivity (Wildman–Crippen MR) is 182 cm³/mol. The molecule has 0 radical (unpaired) electrons. The number of ether oxygens (including phenoxy) is 5. The maximum Gasteiger partial charge on any atom is 0.274 e. The van der Waals surface area contributed by atoms with Gasteiger partial charge in [0.15, 0.2) is 0 Å². The highest BCUT2D eigenvalue weighted by molar-refractivity contribution is 9.10.